The monoisotopic (exact) mass is 339 g/mol. The van der Waals surface area contributed by atoms with Crippen molar-refractivity contribution in [2.24, 2.45) is 0 Å². The van der Waals surface area contributed by atoms with Crippen LogP contribution in [-0.2, 0) is 6.54 Å². The summed E-state index contributed by atoms with van der Waals surface area (Å²) in [4.78, 5) is 2.66. The molecule has 2 atom stereocenters. The van der Waals surface area contributed by atoms with Crippen LogP contribution in [0.5, 0.6) is 0 Å². The van der Waals surface area contributed by atoms with Crippen LogP contribution in [0.2, 0.25) is 0 Å². The second-order valence-electron chi connectivity index (χ2n) is 7.17. The Bertz CT molecular complexity index is 788. The van der Waals surface area contributed by atoms with E-state index < -0.39 is 0 Å². The molecule has 1 fully saturated rings. The molecule has 0 radical (unpaired) electrons. The molecule has 0 saturated carbocycles. The third-order valence-corrected chi connectivity index (χ3v) is 5.34. The predicted molar refractivity (Wildman–Crippen MR) is 109 cm³/mol. The van der Waals surface area contributed by atoms with Crippen LogP contribution in [0.25, 0.3) is 0 Å². The van der Waals surface area contributed by atoms with E-state index in [9.17, 15) is 0 Å². The molecule has 1 heterocycles. The summed E-state index contributed by atoms with van der Waals surface area (Å²) < 4.78 is 0. The zero-order chi connectivity index (χ0) is 17.8. The van der Waals surface area contributed by atoms with Crippen LogP contribution >= 0.6 is 0 Å². The highest BCUT2D eigenvalue weighted by Gasteiger charge is 2.33. The summed E-state index contributed by atoms with van der Waals surface area (Å²) in [5, 5.41) is 0. The van der Waals surface area contributed by atoms with Crippen molar-refractivity contribution < 1.29 is 0 Å². The smallest absolute Gasteiger partial charge is 0.0394 e. The third-order valence-electron chi connectivity index (χ3n) is 5.34. The summed E-state index contributed by atoms with van der Waals surface area (Å²) in [6.07, 6.45) is 2.06. The summed E-state index contributed by atoms with van der Waals surface area (Å²) in [6, 6.07) is 33.3. The molecule has 26 heavy (non-hydrogen) atoms. The zero-order valence-electron chi connectivity index (χ0n) is 15.1. The van der Waals surface area contributed by atoms with E-state index in [4.69, 9.17) is 0 Å². The quantitative estimate of drug-likeness (QED) is 0.503. The molecule has 3 aromatic carbocycles. The molecule has 4 rings (SSSR count). The average Bonchev–Trinajstić information content (AvgIpc) is 2.71. The Morgan fingerprint density at radius 1 is 0.654 bits per heavy atom. The highest BCUT2D eigenvalue weighted by atomic mass is 15.2. The second kappa shape index (κ2) is 7.72. The van der Waals surface area contributed by atoms with Gasteiger partial charge >= 0.3 is 0 Å². The van der Waals surface area contributed by atoms with Gasteiger partial charge < -0.3 is 0 Å². The maximum absolute atomic E-state index is 4.38. The van der Waals surface area contributed by atoms with Gasteiger partial charge in [-0.3, -0.25) is 4.90 Å². The number of hydrogen-bond acceptors (Lipinski definition) is 1. The first-order chi connectivity index (χ1) is 12.8. The fourth-order valence-electron chi connectivity index (χ4n) is 4.07. The molecular weight excluding hydrogens is 314 g/mol. The first-order valence-corrected chi connectivity index (χ1v) is 9.37. The van der Waals surface area contributed by atoms with E-state index in [-0.39, 0.29) is 0 Å². The highest BCUT2D eigenvalue weighted by Crippen LogP contribution is 2.44. The molecule has 1 saturated heterocycles. The first kappa shape index (κ1) is 16.8. The third kappa shape index (κ3) is 3.63. The van der Waals surface area contributed by atoms with Gasteiger partial charge in [0.05, 0.1) is 0 Å². The molecule has 0 aliphatic carbocycles. The van der Waals surface area contributed by atoms with Gasteiger partial charge in [0, 0.05) is 18.6 Å². The van der Waals surface area contributed by atoms with Gasteiger partial charge in [-0.2, -0.15) is 0 Å². The SMILES string of the molecule is C=C1C[C@@H](c2ccccc2)N(Cc2ccccc2)[C@H](c2ccccc2)C1. The summed E-state index contributed by atoms with van der Waals surface area (Å²) >= 11 is 0. The van der Waals surface area contributed by atoms with Crippen molar-refractivity contribution in [3.05, 3.63) is 120 Å². The van der Waals surface area contributed by atoms with E-state index in [1.807, 2.05) is 0 Å². The number of piperidine rings is 1. The topological polar surface area (TPSA) is 3.24 Å². The maximum atomic E-state index is 4.38. The molecule has 130 valence electrons. The lowest BCUT2D eigenvalue weighted by molar-refractivity contribution is 0.0975. The molecule has 0 unspecified atom stereocenters. The molecule has 0 spiro atoms. The fraction of sp³-hybridized carbons (Fsp3) is 0.200. The van der Waals surface area contributed by atoms with E-state index in [1.54, 1.807) is 0 Å². The molecule has 1 heteroatoms. The van der Waals surface area contributed by atoms with Gasteiger partial charge in [0.2, 0.25) is 0 Å². The molecule has 0 N–H and O–H groups in total. The van der Waals surface area contributed by atoms with E-state index in [0.717, 1.165) is 19.4 Å². The van der Waals surface area contributed by atoms with Crippen LogP contribution in [-0.4, -0.2) is 4.90 Å². The second-order valence-corrected chi connectivity index (χ2v) is 7.17. The van der Waals surface area contributed by atoms with Crippen LogP contribution in [0.1, 0.15) is 41.6 Å². The Hall–Kier alpha value is -2.64. The Morgan fingerprint density at radius 3 is 1.54 bits per heavy atom. The van der Waals surface area contributed by atoms with Crippen molar-refractivity contribution in [2.45, 2.75) is 31.5 Å². The highest BCUT2D eigenvalue weighted by molar-refractivity contribution is 5.29. The summed E-state index contributed by atoms with van der Waals surface area (Å²) in [7, 11) is 0. The first-order valence-electron chi connectivity index (χ1n) is 9.37. The van der Waals surface area contributed by atoms with Crippen LogP contribution in [0.4, 0.5) is 0 Å². The minimum atomic E-state index is 0.364. The standard InChI is InChI=1S/C25H25N/c1-20-17-24(22-13-7-3-8-14-22)26(19-21-11-5-2-6-12-21)25(18-20)23-15-9-4-10-16-23/h2-16,24-25H,1,17-19H2/t24-,25-/m0/s1. The van der Waals surface area contributed by atoms with Crippen molar-refractivity contribution in [3.8, 4) is 0 Å². The Labute approximate surface area is 156 Å². The molecule has 1 aliphatic heterocycles. The maximum Gasteiger partial charge on any atom is 0.0394 e. The average molecular weight is 339 g/mol. The number of benzene rings is 3. The van der Waals surface area contributed by atoms with Crippen molar-refractivity contribution in [2.75, 3.05) is 0 Å². The lowest BCUT2D eigenvalue weighted by Crippen LogP contribution is -2.36. The van der Waals surface area contributed by atoms with Crippen molar-refractivity contribution in [1.82, 2.24) is 4.90 Å². The lowest BCUT2D eigenvalue weighted by atomic mass is 9.84. The number of likely N-dealkylation sites (tertiary alicyclic amines) is 1. The largest absolute Gasteiger partial charge is 0.284 e. The fourth-order valence-corrected chi connectivity index (χ4v) is 4.07. The molecule has 0 amide bonds. The van der Waals surface area contributed by atoms with Crippen molar-refractivity contribution >= 4 is 0 Å². The summed E-state index contributed by atoms with van der Waals surface area (Å²) in [5.74, 6) is 0. The van der Waals surface area contributed by atoms with Gasteiger partial charge in [-0.05, 0) is 29.5 Å². The number of rotatable bonds is 4. The Morgan fingerprint density at radius 2 is 1.08 bits per heavy atom. The van der Waals surface area contributed by atoms with Gasteiger partial charge in [0.1, 0.15) is 0 Å². The molecule has 1 aliphatic rings. The Kier molecular flexibility index (Phi) is 4.99. The van der Waals surface area contributed by atoms with Gasteiger partial charge in [0.15, 0.2) is 0 Å². The normalized spacial score (nSPS) is 20.8. The summed E-state index contributed by atoms with van der Waals surface area (Å²) in [5.41, 5.74) is 5.47. The van der Waals surface area contributed by atoms with Gasteiger partial charge in [-0.1, -0.05) is 103 Å². The minimum Gasteiger partial charge on any atom is -0.284 e. The van der Waals surface area contributed by atoms with Crippen LogP contribution in [0, 0.1) is 0 Å². The van der Waals surface area contributed by atoms with E-state index in [0.29, 0.717) is 12.1 Å². The number of hydrogen-bond donors (Lipinski definition) is 0. The molecule has 0 aromatic heterocycles. The zero-order valence-corrected chi connectivity index (χ0v) is 15.1. The molecule has 3 aromatic rings. The van der Waals surface area contributed by atoms with E-state index in [2.05, 4.69) is 102 Å². The van der Waals surface area contributed by atoms with Gasteiger partial charge in [-0.15, -0.1) is 0 Å². The van der Waals surface area contributed by atoms with Crippen molar-refractivity contribution in [1.29, 1.82) is 0 Å². The van der Waals surface area contributed by atoms with Crippen LogP contribution in [0.15, 0.2) is 103 Å². The van der Waals surface area contributed by atoms with E-state index in [1.165, 1.54) is 22.3 Å². The number of nitrogens with zero attached hydrogens (tertiary/aromatic N) is 1. The Balaban J connectivity index is 1.74. The molecule has 1 nitrogen and oxygen atoms in total. The lowest BCUT2D eigenvalue weighted by Gasteiger charge is -2.44. The van der Waals surface area contributed by atoms with E-state index >= 15 is 0 Å². The van der Waals surface area contributed by atoms with Crippen molar-refractivity contribution in [3.63, 3.8) is 0 Å². The van der Waals surface area contributed by atoms with Gasteiger partial charge in [-0.25, -0.2) is 0 Å². The van der Waals surface area contributed by atoms with Crippen LogP contribution in [0.3, 0.4) is 0 Å². The molecule has 0 bridgehead atoms. The van der Waals surface area contributed by atoms with Gasteiger partial charge in [0.25, 0.3) is 0 Å². The molecular formula is C25H25N. The van der Waals surface area contributed by atoms with Crippen LogP contribution < -0.4 is 0 Å². The predicted octanol–water partition coefficient (Wildman–Crippen LogP) is 6.32. The minimum absolute atomic E-state index is 0.364. The summed E-state index contributed by atoms with van der Waals surface area (Å²) in [6.45, 7) is 5.33.